The number of ketones is 1. The van der Waals surface area contributed by atoms with Crippen molar-refractivity contribution in [2.75, 3.05) is 0 Å². The molecule has 0 aliphatic heterocycles. The van der Waals surface area contributed by atoms with E-state index in [1.54, 1.807) is 0 Å². The Morgan fingerprint density at radius 1 is 1.35 bits per heavy atom. The average molecular weight is 336 g/mol. The molecule has 1 aliphatic rings. The van der Waals surface area contributed by atoms with Crippen LogP contribution < -0.4 is 0 Å². The first-order valence-electron chi connectivity index (χ1n) is 6.85. The molecular formula is C16H18BrNO2. The first-order chi connectivity index (χ1) is 9.60. The number of carbonyl (C=O) groups excluding carboxylic acids is 1. The van der Waals surface area contributed by atoms with Gasteiger partial charge in [0.15, 0.2) is 5.78 Å². The molecule has 1 aromatic carbocycles. The average Bonchev–Trinajstić information content (AvgIpc) is 2.40. The van der Waals surface area contributed by atoms with Crippen LogP contribution in [0.2, 0.25) is 0 Å². The zero-order valence-corrected chi connectivity index (χ0v) is 13.1. The van der Waals surface area contributed by atoms with E-state index in [2.05, 4.69) is 27.8 Å². The highest BCUT2D eigenvalue weighted by Crippen LogP contribution is 2.28. The molecule has 0 spiro atoms. The zero-order chi connectivity index (χ0) is 14.5. The number of halogens is 1. The molecular weight excluding hydrogens is 318 g/mol. The maximum absolute atomic E-state index is 12.0. The lowest BCUT2D eigenvalue weighted by molar-refractivity contribution is -0.116. The summed E-state index contributed by atoms with van der Waals surface area (Å²) in [7, 11) is 0. The Morgan fingerprint density at radius 2 is 2.05 bits per heavy atom. The largest absolute Gasteiger partial charge is 0.511 e. The lowest BCUT2D eigenvalue weighted by atomic mass is 9.85. The number of aliphatic hydroxyl groups excluding tert-OH is 1. The van der Waals surface area contributed by atoms with Gasteiger partial charge in [0, 0.05) is 23.5 Å². The molecule has 0 saturated heterocycles. The van der Waals surface area contributed by atoms with E-state index in [1.807, 2.05) is 24.3 Å². The van der Waals surface area contributed by atoms with Crippen molar-refractivity contribution in [1.29, 1.82) is 0 Å². The summed E-state index contributed by atoms with van der Waals surface area (Å²) >= 11 is 3.36. The maximum Gasteiger partial charge on any atom is 0.168 e. The van der Waals surface area contributed by atoms with Crippen molar-refractivity contribution in [3.8, 4) is 0 Å². The fraction of sp³-hybridized carbons (Fsp3) is 0.375. The van der Waals surface area contributed by atoms with E-state index in [0.717, 1.165) is 23.0 Å². The fourth-order valence-corrected chi connectivity index (χ4v) is 2.68. The van der Waals surface area contributed by atoms with Gasteiger partial charge in [-0.25, -0.2) is 0 Å². The number of hydrogen-bond donors (Lipinski definition) is 1. The number of carbonyl (C=O) groups is 1. The van der Waals surface area contributed by atoms with Crippen LogP contribution in [0.1, 0.15) is 32.6 Å². The van der Waals surface area contributed by atoms with Crippen molar-refractivity contribution in [3.63, 3.8) is 0 Å². The van der Waals surface area contributed by atoms with Crippen LogP contribution in [0.5, 0.6) is 0 Å². The van der Waals surface area contributed by atoms with Gasteiger partial charge in [-0.1, -0.05) is 29.3 Å². The van der Waals surface area contributed by atoms with E-state index in [0.29, 0.717) is 18.4 Å². The van der Waals surface area contributed by atoms with Crippen LogP contribution >= 0.6 is 15.9 Å². The van der Waals surface area contributed by atoms with Gasteiger partial charge < -0.3 is 5.11 Å². The van der Waals surface area contributed by atoms with Gasteiger partial charge in [-0.15, -0.1) is 0 Å². The SMILES string of the molecule is CCCC1CC(=O)C(C=Nc2ccc(Br)cc2)=C(O)C1. The molecule has 20 heavy (non-hydrogen) atoms. The highest BCUT2D eigenvalue weighted by molar-refractivity contribution is 9.10. The van der Waals surface area contributed by atoms with E-state index in [1.165, 1.54) is 6.21 Å². The predicted octanol–water partition coefficient (Wildman–Crippen LogP) is 4.74. The Bertz CT molecular complexity index is 546. The lowest BCUT2D eigenvalue weighted by Crippen LogP contribution is -2.20. The Kier molecular flexibility index (Phi) is 5.12. The number of allylic oxidation sites excluding steroid dienone is 2. The number of aliphatic imine (C=N–C) groups is 1. The topological polar surface area (TPSA) is 49.7 Å². The summed E-state index contributed by atoms with van der Waals surface area (Å²) in [6.07, 6.45) is 4.60. The molecule has 4 heteroatoms. The van der Waals surface area contributed by atoms with E-state index in [9.17, 15) is 9.90 Å². The van der Waals surface area contributed by atoms with E-state index in [-0.39, 0.29) is 17.5 Å². The third-order valence-corrected chi connectivity index (χ3v) is 3.96. The Labute approximate surface area is 127 Å². The maximum atomic E-state index is 12.0. The van der Waals surface area contributed by atoms with Crippen LogP contribution in [0, 0.1) is 5.92 Å². The molecule has 0 aromatic heterocycles. The third kappa shape index (κ3) is 3.79. The molecule has 0 fully saturated rings. The van der Waals surface area contributed by atoms with Crippen molar-refractivity contribution in [1.82, 2.24) is 0 Å². The fourth-order valence-electron chi connectivity index (χ4n) is 2.41. The molecule has 1 unspecified atom stereocenters. The molecule has 0 bridgehead atoms. The molecule has 0 saturated carbocycles. The van der Waals surface area contributed by atoms with Crippen LogP contribution in [0.15, 0.2) is 45.1 Å². The number of aliphatic hydroxyl groups is 1. The molecule has 106 valence electrons. The van der Waals surface area contributed by atoms with Crippen molar-refractivity contribution >= 4 is 33.6 Å². The van der Waals surface area contributed by atoms with Crippen LogP contribution in [0.25, 0.3) is 0 Å². The summed E-state index contributed by atoms with van der Waals surface area (Å²) < 4.78 is 0.981. The van der Waals surface area contributed by atoms with Gasteiger partial charge in [0.1, 0.15) is 5.76 Å². The monoisotopic (exact) mass is 335 g/mol. The second kappa shape index (κ2) is 6.84. The van der Waals surface area contributed by atoms with E-state index in [4.69, 9.17) is 0 Å². The second-order valence-electron chi connectivity index (χ2n) is 5.08. The van der Waals surface area contributed by atoms with Crippen LogP contribution in [-0.4, -0.2) is 17.1 Å². The first kappa shape index (κ1) is 15.0. The smallest absolute Gasteiger partial charge is 0.168 e. The molecule has 3 nitrogen and oxygen atoms in total. The van der Waals surface area contributed by atoms with Gasteiger partial charge in [-0.05, 0) is 36.6 Å². The number of nitrogens with zero attached hydrogens (tertiary/aromatic N) is 1. The predicted molar refractivity (Wildman–Crippen MR) is 84.6 cm³/mol. The minimum absolute atomic E-state index is 0.00642. The molecule has 1 aliphatic carbocycles. The van der Waals surface area contributed by atoms with Gasteiger partial charge in [0.25, 0.3) is 0 Å². The number of benzene rings is 1. The third-order valence-electron chi connectivity index (χ3n) is 3.43. The minimum atomic E-state index is -0.00642. The summed E-state index contributed by atoms with van der Waals surface area (Å²) in [6.45, 7) is 2.09. The van der Waals surface area contributed by atoms with Gasteiger partial charge in [0.2, 0.25) is 0 Å². The van der Waals surface area contributed by atoms with Crippen molar-refractivity contribution < 1.29 is 9.90 Å². The van der Waals surface area contributed by atoms with Gasteiger partial charge in [-0.3, -0.25) is 9.79 Å². The first-order valence-corrected chi connectivity index (χ1v) is 7.64. The molecule has 1 atom stereocenters. The van der Waals surface area contributed by atoms with Crippen LogP contribution in [-0.2, 0) is 4.79 Å². The quantitative estimate of drug-likeness (QED) is 0.807. The van der Waals surface area contributed by atoms with Crippen LogP contribution in [0.4, 0.5) is 5.69 Å². The zero-order valence-electron chi connectivity index (χ0n) is 11.5. The summed E-state index contributed by atoms with van der Waals surface area (Å²) in [5, 5.41) is 10.0. The second-order valence-corrected chi connectivity index (χ2v) is 6.00. The van der Waals surface area contributed by atoms with Crippen molar-refractivity contribution in [2.24, 2.45) is 10.9 Å². The molecule has 0 radical (unpaired) electrons. The molecule has 0 amide bonds. The normalized spacial score (nSPS) is 19.9. The van der Waals surface area contributed by atoms with E-state index < -0.39 is 0 Å². The Balaban J connectivity index is 2.13. The molecule has 1 N–H and O–H groups in total. The number of hydrogen-bond acceptors (Lipinski definition) is 3. The highest BCUT2D eigenvalue weighted by atomic mass is 79.9. The Hall–Kier alpha value is -1.42. The molecule has 2 rings (SSSR count). The van der Waals surface area contributed by atoms with E-state index >= 15 is 0 Å². The van der Waals surface area contributed by atoms with Gasteiger partial charge >= 0.3 is 0 Å². The molecule has 1 aromatic rings. The lowest BCUT2D eigenvalue weighted by Gasteiger charge is -2.21. The molecule has 0 heterocycles. The van der Waals surface area contributed by atoms with Gasteiger partial charge in [0.05, 0.1) is 11.3 Å². The van der Waals surface area contributed by atoms with Crippen molar-refractivity contribution in [3.05, 3.63) is 40.1 Å². The minimum Gasteiger partial charge on any atom is -0.511 e. The Morgan fingerprint density at radius 3 is 2.65 bits per heavy atom. The number of Topliss-reactive ketones (excluding diaryl/α,β-unsaturated/α-hetero) is 1. The van der Waals surface area contributed by atoms with Gasteiger partial charge in [-0.2, -0.15) is 0 Å². The van der Waals surface area contributed by atoms with Crippen LogP contribution in [0.3, 0.4) is 0 Å². The number of rotatable bonds is 4. The summed E-state index contributed by atoms with van der Waals surface area (Å²) in [5.74, 6) is 0.450. The summed E-state index contributed by atoms with van der Waals surface area (Å²) in [6, 6.07) is 7.48. The standard InChI is InChI=1S/C16H18BrNO2/c1-2-3-11-8-15(19)14(16(20)9-11)10-18-13-6-4-12(17)5-7-13/h4-7,10-11,19H,2-3,8-9H2,1H3. The summed E-state index contributed by atoms with van der Waals surface area (Å²) in [4.78, 5) is 16.3. The summed E-state index contributed by atoms with van der Waals surface area (Å²) in [5.41, 5.74) is 1.12. The highest BCUT2D eigenvalue weighted by Gasteiger charge is 2.25. The van der Waals surface area contributed by atoms with Crippen molar-refractivity contribution in [2.45, 2.75) is 32.6 Å².